The SMILES string of the molecule is COC1=C(OC)C2C(=O)NC(=O)C2(CCCN(C)CCCc2cccnc2)C=C1. The second-order valence-corrected chi connectivity index (χ2v) is 7.63. The van der Waals surface area contributed by atoms with Gasteiger partial charge >= 0.3 is 0 Å². The molecule has 3 rings (SSSR count). The van der Waals surface area contributed by atoms with Crippen molar-refractivity contribution in [1.29, 1.82) is 0 Å². The molecule has 1 aromatic rings. The van der Waals surface area contributed by atoms with Gasteiger partial charge in [0.15, 0.2) is 11.5 Å². The quantitative estimate of drug-likeness (QED) is 0.607. The van der Waals surface area contributed by atoms with Gasteiger partial charge in [-0.25, -0.2) is 0 Å². The van der Waals surface area contributed by atoms with Gasteiger partial charge in [-0.15, -0.1) is 0 Å². The van der Waals surface area contributed by atoms with Crippen LogP contribution < -0.4 is 5.32 Å². The van der Waals surface area contributed by atoms with E-state index in [1.165, 1.54) is 19.8 Å². The van der Waals surface area contributed by atoms with Crippen molar-refractivity contribution in [3.05, 3.63) is 53.8 Å². The minimum atomic E-state index is -0.902. The second-order valence-electron chi connectivity index (χ2n) is 7.63. The fraction of sp³-hybridized carbons (Fsp3) is 0.500. The Bertz CT molecular complexity index is 806. The van der Waals surface area contributed by atoms with Gasteiger partial charge in [-0.05, 0) is 63.5 Å². The number of aromatic nitrogens is 1. The van der Waals surface area contributed by atoms with Crippen molar-refractivity contribution in [2.45, 2.75) is 25.7 Å². The van der Waals surface area contributed by atoms with E-state index in [-0.39, 0.29) is 11.8 Å². The second kappa shape index (κ2) is 9.22. The molecular weight excluding hydrogens is 370 g/mol. The minimum absolute atomic E-state index is 0.257. The summed E-state index contributed by atoms with van der Waals surface area (Å²) in [6.07, 6.45) is 10.6. The zero-order chi connectivity index (χ0) is 20.9. The lowest BCUT2D eigenvalue weighted by Crippen LogP contribution is -2.37. The number of imide groups is 1. The molecule has 0 bridgehead atoms. The number of methoxy groups -OCH3 is 2. The van der Waals surface area contributed by atoms with Gasteiger partial charge in [-0.2, -0.15) is 0 Å². The number of allylic oxidation sites excluding steroid dienone is 1. The average Bonchev–Trinajstić information content (AvgIpc) is 2.98. The highest BCUT2D eigenvalue weighted by Crippen LogP contribution is 2.47. The van der Waals surface area contributed by atoms with E-state index in [1.54, 1.807) is 12.3 Å². The molecule has 0 spiro atoms. The Labute approximate surface area is 171 Å². The van der Waals surface area contributed by atoms with Crippen molar-refractivity contribution in [2.75, 3.05) is 34.4 Å². The topological polar surface area (TPSA) is 80.8 Å². The summed E-state index contributed by atoms with van der Waals surface area (Å²) in [6.45, 7) is 1.81. The van der Waals surface area contributed by atoms with Crippen LogP contribution in [0.2, 0.25) is 0 Å². The summed E-state index contributed by atoms with van der Waals surface area (Å²) in [5.74, 6) is -0.340. The average molecular weight is 399 g/mol. The smallest absolute Gasteiger partial charge is 0.238 e. The lowest BCUT2D eigenvalue weighted by Gasteiger charge is -2.33. The normalized spacial score (nSPS) is 23.4. The van der Waals surface area contributed by atoms with Gasteiger partial charge in [0.2, 0.25) is 11.8 Å². The first-order valence-electron chi connectivity index (χ1n) is 9.96. The fourth-order valence-corrected chi connectivity index (χ4v) is 4.22. The zero-order valence-corrected chi connectivity index (χ0v) is 17.3. The van der Waals surface area contributed by atoms with Gasteiger partial charge in [0.25, 0.3) is 0 Å². The summed E-state index contributed by atoms with van der Waals surface area (Å²) in [6, 6.07) is 4.05. The number of carbonyl (C=O) groups excluding carboxylic acids is 2. The molecule has 7 heteroatoms. The molecule has 0 radical (unpaired) electrons. The Morgan fingerprint density at radius 2 is 2.00 bits per heavy atom. The van der Waals surface area contributed by atoms with Gasteiger partial charge in [0.05, 0.1) is 19.6 Å². The van der Waals surface area contributed by atoms with Gasteiger partial charge < -0.3 is 14.4 Å². The molecule has 1 N–H and O–H groups in total. The predicted molar refractivity (Wildman–Crippen MR) is 109 cm³/mol. The molecule has 2 atom stereocenters. The van der Waals surface area contributed by atoms with Crippen LogP contribution in [-0.4, -0.2) is 56.1 Å². The molecule has 1 saturated heterocycles. The molecule has 1 aliphatic carbocycles. The molecular formula is C22H29N3O4. The van der Waals surface area contributed by atoms with Crippen LogP contribution in [0, 0.1) is 11.3 Å². The third-order valence-corrected chi connectivity index (χ3v) is 5.77. The number of pyridine rings is 1. The molecule has 7 nitrogen and oxygen atoms in total. The number of rotatable bonds is 10. The van der Waals surface area contributed by atoms with Crippen LogP contribution in [0.15, 0.2) is 48.2 Å². The van der Waals surface area contributed by atoms with Gasteiger partial charge in [-0.3, -0.25) is 19.9 Å². The predicted octanol–water partition coefficient (Wildman–Crippen LogP) is 2.06. The Hall–Kier alpha value is -2.67. The van der Waals surface area contributed by atoms with Crippen LogP contribution in [0.3, 0.4) is 0 Å². The first-order valence-corrected chi connectivity index (χ1v) is 9.96. The van der Waals surface area contributed by atoms with E-state index in [9.17, 15) is 9.59 Å². The lowest BCUT2D eigenvalue weighted by atomic mass is 9.70. The number of ether oxygens (including phenoxy) is 2. The lowest BCUT2D eigenvalue weighted by molar-refractivity contribution is -0.127. The number of nitrogens with zero attached hydrogens (tertiary/aromatic N) is 2. The summed E-state index contributed by atoms with van der Waals surface area (Å²) < 4.78 is 10.8. The minimum Gasteiger partial charge on any atom is -0.496 e. The molecule has 1 aromatic heterocycles. The molecule has 0 saturated carbocycles. The van der Waals surface area contributed by atoms with Gasteiger partial charge in [0.1, 0.15) is 5.92 Å². The third-order valence-electron chi connectivity index (χ3n) is 5.77. The van der Waals surface area contributed by atoms with E-state index in [0.717, 1.165) is 32.4 Å². The Kier molecular flexibility index (Phi) is 6.69. The van der Waals surface area contributed by atoms with Crippen molar-refractivity contribution >= 4 is 11.8 Å². The first-order chi connectivity index (χ1) is 14.0. The molecule has 1 aliphatic heterocycles. The largest absolute Gasteiger partial charge is 0.496 e. The summed E-state index contributed by atoms with van der Waals surface area (Å²) in [5, 5.41) is 2.48. The number of amides is 2. The summed E-state index contributed by atoms with van der Waals surface area (Å²) in [7, 11) is 5.11. The number of nitrogens with one attached hydrogen (secondary N) is 1. The van der Waals surface area contributed by atoms with Crippen LogP contribution in [0.1, 0.15) is 24.8 Å². The van der Waals surface area contributed by atoms with Crippen molar-refractivity contribution in [1.82, 2.24) is 15.2 Å². The van der Waals surface area contributed by atoms with Crippen molar-refractivity contribution < 1.29 is 19.1 Å². The molecule has 0 aromatic carbocycles. The van der Waals surface area contributed by atoms with E-state index < -0.39 is 11.3 Å². The molecule has 1 fully saturated rings. The van der Waals surface area contributed by atoms with Gasteiger partial charge in [0, 0.05) is 12.4 Å². The third kappa shape index (κ3) is 4.34. The van der Waals surface area contributed by atoms with Crippen LogP contribution in [0.4, 0.5) is 0 Å². The maximum Gasteiger partial charge on any atom is 0.238 e. The standard InChI is InChI=1S/C22H29N3O4/c1-25(13-5-8-16-7-4-12-23-15-16)14-6-10-22-11-9-17(28-2)19(29-3)18(22)20(26)24-21(22)27/h4,7,9,11-12,15,18H,5-6,8,10,13-14H2,1-3H3,(H,24,26,27). The summed E-state index contributed by atoms with van der Waals surface area (Å²) in [4.78, 5) is 31.6. The Morgan fingerprint density at radius 3 is 2.69 bits per heavy atom. The summed E-state index contributed by atoms with van der Waals surface area (Å²) >= 11 is 0. The van der Waals surface area contributed by atoms with E-state index in [1.807, 2.05) is 18.3 Å². The Morgan fingerprint density at radius 1 is 1.21 bits per heavy atom. The number of carbonyl (C=O) groups is 2. The van der Waals surface area contributed by atoms with Gasteiger partial charge in [-0.1, -0.05) is 12.1 Å². The maximum absolute atomic E-state index is 12.7. The highest BCUT2D eigenvalue weighted by molar-refractivity contribution is 6.10. The molecule has 29 heavy (non-hydrogen) atoms. The van der Waals surface area contributed by atoms with Crippen LogP contribution >= 0.6 is 0 Å². The van der Waals surface area contributed by atoms with Crippen molar-refractivity contribution in [3.8, 4) is 0 Å². The molecule has 2 unspecified atom stereocenters. The van der Waals surface area contributed by atoms with Crippen LogP contribution in [-0.2, 0) is 25.5 Å². The number of fused-ring (bicyclic) bond motifs is 1. The number of aryl methyl sites for hydroxylation is 1. The van der Waals surface area contributed by atoms with E-state index >= 15 is 0 Å². The van der Waals surface area contributed by atoms with Crippen molar-refractivity contribution in [2.24, 2.45) is 11.3 Å². The number of hydrogen-bond acceptors (Lipinski definition) is 6. The van der Waals surface area contributed by atoms with Crippen molar-refractivity contribution in [3.63, 3.8) is 0 Å². The molecule has 156 valence electrons. The zero-order valence-electron chi connectivity index (χ0n) is 17.3. The molecule has 2 heterocycles. The Balaban J connectivity index is 1.56. The first kappa shape index (κ1) is 21.0. The highest BCUT2D eigenvalue weighted by atomic mass is 16.5. The monoisotopic (exact) mass is 399 g/mol. The van der Waals surface area contributed by atoms with Crippen LogP contribution in [0.25, 0.3) is 0 Å². The van der Waals surface area contributed by atoms with Crippen LogP contribution in [0.5, 0.6) is 0 Å². The fourth-order valence-electron chi connectivity index (χ4n) is 4.22. The highest BCUT2D eigenvalue weighted by Gasteiger charge is 2.57. The molecule has 2 aliphatic rings. The maximum atomic E-state index is 12.7. The van der Waals surface area contributed by atoms with E-state index in [0.29, 0.717) is 17.9 Å². The summed E-state index contributed by atoms with van der Waals surface area (Å²) in [5.41, 5.74) is 0.338. The van der Waals surface area contributed by atoms with E-state index in [4.69, 9.17) is 9.47 Å². The number of hydrogen-bond donors (Lipinski definition) is 1. The van der Waals surface area contributed by atoms with E-state index in [2.05, 4.69) is 28.3 Å². The molecule has 2 amide bonds.